The van der Waals surface area contributed by atoms with Crippen molar-refractivity contribution in [2.24, 2.45) is 5.92 Å². The number of carbonyl (C=O) groups is 1. The maximum Gasteiger partial charge on any atom is 0.274 e. The van der Waals surface area contributed by atoms with Gasteiger partial charge in [0.25, 0.3) is 5.69 Å². The SMILES string of the molecule is Cc1cc(Br)c(NC(=O)C(C)CCl)cc1[N+](=O)[O-]. The third-order valence-electron chi connectivity index (χ3n) is 2.42. The quantitative estimate of drug-likeness (QED) is 0.520. The van der Waals surface area contributed by atoms with Gasteiger partial charge in [0.2, 0.25) is 5.91 Å². The molecule has 0 fully saturated rings. The highest BCUT2D eigenvalue weighted by Crippen LogP contribution is 2.30. The van der Waals surface area contributed by atoms with E-state index in [1.807, 2.05) is 0 Å². The second-order valence-corrected chi connectivity index (χ2v) is 5.08. The molecule has 1 aromatic rings. The molecule has 0 bridgehead atoms. The average molecular weight is 336 g/mol. The summed E-state index contributed by atoms with van der Waals surface area (Å²) >= 11 is 8.84. The number of benzene rings is 1. The summed E-state index contributed by atoms with van der Waals surface area (Å²) < 4.78 is 0.598. The van der Waals surface area contributed by atoms with Gasteiger partial charge in [0, 0.05) is 27.9 Å². The Balaban J connectivity index is 3.06. The van der Waals surface area contributed by atoms with Crippen molar-refractivity contribution in [1.29, 1.82) is 0 Å². The van der Waals surface area contributed by atoms with E-state index in [4.69, 9.17) is 11.6 Å². The van der Waals surface area contributed by atoms with Gasteiger partial charge in [0.1, 0.15) is 0 Å². The number of hydrogen-bond donors (Lipinski definition) is 1. The smallest absolute Gasteiger partial charge is 0.274 e. The van der Waals surface area contributed by atoms with Gasteiger partial charge in [0.15, 0.2) is 0 Å². The van der Waals surface area contributed by atoms with Crippen molar-refractivity contribution >= 4 is 44.8 Å². The fraction of sp³-hybridized carbons (Fsp3) is 0.364. The summed E-state index contributed by atoms with van der Waals surface area (Å²) in [5, 5.41) is 13.4. The average Bonchev–Trinajstić information content (AvgIpc) is 2.30. The molecule has 0 aliphatic rings. The number of rotatable bonds is 4. The van der Waals surface area contributed by atoms with Crippen molar-refractivity contribution in [1.82, 2.24) is 0 Å². The molecule has 0 radical (unpaired) electrons. The summed E-state index contributed by atoms with van der Waals surface area (Å²) in [6.45, 7) is 3.31. The lowest BCUT2D eigenvalue weighted by Crippen LogP contribution is -2.21. The van der Waals surface area contributed by atoms with Crippen LogP contribution in [-0.4, -0.2) is 16.7 Å². The lowest BCUT2D eigenvalue weighted by molar-refractivity contribution is -0.385. The number of anilines is 1. The van der Waals surface area contributed by atoms with E-state index in [1.54, 1.807) is 19.9 Å². The topological polar surface area (TPSA) is 72.2 Å². The number of carbonyl (C=O) groups excluding carboxylic acids is 1. The number of alkyl halides is 1. The molecule has 1 N–H and O–H groups in total. The molecule has 18 heavy (non-hydrogen) atoms. The number of aryl methyl sites for hydroxylation is 1. The first-order valence-electron chi connectivity index (χ1n) is 5.18. The summed E-state index contributed by atoms with van der Waals surface area (Å²) in [4.78, 5) is 22.0. The zero-order chi connectivity index (χ0) is 13.9. The van der Waals surface area contributed by atoms with Gasteiger partial charge in [-0.25, -0.2) is 0 Å². The molecule has 1 unspecified atom stereocenters. The fourth-order valence-corrected chi connectivity index (χ4v) is 1.98. The van der Waals surface area contributed by atoms with Crippen LogP contribution in [-0.2, 0) is 4.79 Å². The zero-order valence-electron chi connectivity index (χ0n) is 9.87. The highest BCUT2D eigenvalue weighted by molar-refractivity contribution is 9.10. The molecule has 0 heterocycles. The van der Waals surface area contributed by atoms with Crippen LogP contribution in [0.25, 0.3) is 0 Å². The lowest BCUT2D eigenvalue weighted by atomic mass is 10.1. The highest BCUT2D eigenvalue weighted by Gasteiger charge is 2.18. The van der Waals surface area contributed by atoms with Crippen molar-refractivity contribution in [2.75, 3.05) is 11.2 Å². The number of nitrogens with one attached hydrogen (secondary N) is 1. The van der Waals surface area contributed by atoms with Gasteiger partial charge in [-0.3, -0.25) is 14.9 Å². The Morgan fingerprint density at radius 3 is 2.72 bits per heavy atom. The van der Waals surface area contributed by atoms with Gasteiger partial charge in [-0.1, -0.05) is 6.92 Å². The lowest BCUT2D eigenvalue weighted by Gasteiger charge is -2.11. The van der Waals surface area contributed by atoms with E-state index < -0.39 is 4.92 Å². The third-order valence-corrected chi connectivity index (χ3v) is 3.54. The molecule has 7 heteroatoms. The number of nitrogens with zero attached hydrogens (tertiary/aromatic N) is 1. The minimum atomic E-state index is -0.484. The summed E-state index contributed by atoms with van der Waals surface area (Å²) in [6, 6.07) is 2.93. The van der Waals surface area contributed by atoms with E-state index >= 15 is 0 Å². The van der Waals surface area contributed by atoms with Gasteiger partial charge in [-0.05, 0) is 28.9 Å². The van der Waals surface area contributed by atoms with Crippen molar-refractivity contribution in [3.8, 4) is 0 Å². The Morgan fingerprint density at radius 2 is 2.22 bits per heavy atom. The normalized spacial score (nSPS) is 12.0. The molecule has 0 saturated heterocycles. The zero-order valence-corrected chi connectivity index (χ0v) is 12.2. The number of nitro groups is 1. The van der Waals surface area contributed by atoms with E-state index in [0.717, 1.165) is 0 Å². The largest absolute Gasteiger partial charge is 0.325 e. The van der Waals surface area contributed by atoms with Crippen molar-refractivity contribution in [2.45, 2.75) is 13.8 Å². The molecule has 0 spiro atoms. The first-order chi connectivity index (χ1) is 8.36. The minimum absolute atomic E-state index is 0.0352. The Hall–Kier alpha value is -1.14. The molecule has 5 nitrogen and oxygen atoms in total. The van der Waals surface area contributed by atoms with Gasteiger partial charge < -0.3 is 5.32 Å². The Kier molecular flexibility index (Phi) is 5.10. The second-order valence-electron chi connectivity index (χ2n) is 3.92. The minimum Gasteiger partial charge on any atom is -0.325 e. The highest BCUT2D eigenvalue weighted by atomic mass is 79.9. The van der Waals surface area contributed by atoms with Crippen LogP contribution in [0.2, 0.25) is 0 Å². The maximum atomic E-state index is 11.7. The number of nitro benzene ring substituents is 1. The van der Waals surface area contributed by atoms with Gasteiger partial charge in [-0.15, -0.1) is 11.6 Å². The molecule has 1 amide bonds. The monoisotopic (exact) mass is 334 g/mol. The van der Waals surface area contributed by atoms with Crippen LogP contribution < -0.4 is 5.32 Å². The molecule has 1 aromatic carbocycles. The Bertz CT molecular complexity index is 493. The van der Waals surface area contributed by atoms with Gasteiger partial charge in [-0.2, -0.15) is 0 Å². The first kappa shape index (κ1) is 14.9. The van der Waals surface area contributed by atoms with Crippen molar-refractivity contribution in [3.63, 3.8) is 0 Å². The van der Waals surface area contributed by atoms with E-state index in [2.05, 4.69) is 21.2 Å². The summed E-state index contributed by atoms with van der Waals surface area (Å²) in [6.07, 6.45) is 0. The standard InChI is InChI=1S/C11H12BrClN2O3/c1-6-3-8(12)9(4-10(6)15(17)18)14-11(16)7(2)5-13/h3-4,7H,5H2,1-2H3,(H,14,16). The molecule has 1 atom stereocenters. The number of amides is 1. The second kappa shape index (κ2) is 6.15. The van der Waals surface area contributed by atoms with E-state index in [9.17, 15) is 14.9 Å². The van der Waals surface area contributed by atoms with E-state index in [1.165, 1.54) is 6.07 Å². The van der Waals surface area contributed by atoms with Crippen LogP contribution >= 0.6 is 27.5 Å². The molecule has 0 aromatic heterocycles. The number of hydrogen-bond acceptors (Lipinski definition) is 3. The van der Waals surface area contributed by atoms with Crippen molar-refractivity contribution in [3.05, 3.63) is 32.3 Å². The maximum absolute atomic E-state index is 11.7. The first-order valence-corrected chi connectivity index (χ1v) is 6.51. The molecule has 0 saturated carbocycles. The van der Waals surface area contributed by atoms with Crippen LogP contribution in [0.15, 0.2) is 16.6 Å². The van der Waals surface area contributed by atoms with Crippen LogP contribution in [0.5, 0.6) is 0 Å². The summed E-state index contributed by atoms with van der Waals surface area (Å²) in [5.74, 6) is -0.444. The van der Waals surface area contributed by atoms with Gasteiger partial charge >= 0.3 is 0 Å². The molecule has 98 valence electrons. The molecular weight excluding hydrogens is 323 g/mol. The van der Waals surface area contributed by atoms with E-state index in [0.29, 0.717) is 15.7 Å². The predicted molar refractivity (Wildman–Crippen MR) is 74.0 cm³/mol. The Labute approximate surface area is 118 Å². The molecule has 0 aliphatic carbocycles. The van der Waals surface area contributed by atoms with Crippen LogP contribution in [0.4, 0.5) is 11.4 Å². The van der Waals surface area contributed by atoms with Crippen molar-refractivity contribution < 1.29 is 9.72 Å². The van der Waals surface area contributed by atoms with Crippen LogP contribution in [0.3, 0.4) is 0 Å². The molecule has 1 rings (SSSR count). The Morgan fingerprint density at radius 1 is 1.61 bits per heavy atom. The van der Waals surface area contributed by atoms with E-state index in [-0.39, 0.29) is 23.4 Å². The fourth-order valence-electron chi connectivity index (χ4n) is 1.28. The summed E-state index contributed by atoms with van der Waals surface area (Å²) in [7, 11) is 0. The van der Waals surface area contributed by atoms with Gasteiger partial charge in [0.05, 0.1) is 10.6 Å². The third kappa shape index (κ3) is 3.43. The summed E-state index contributed by atoms with van der Waals surface area (Å²) in [5.41, 5.74) is 0.858. The molecular formula is C11H12BrClN2O3. The van der Waals surface area contributed by atoms with Crippen LogP contribution in [0, 0.1) is 23.0 Å². The van der Waals surface area contributed by atoms with Crippen LogP contribution in [0.1, 0.15) is 12.5 Å². The molecule has 0 aliphatic heterocycles. The number of halogens is 2. The predicted octanol–water partition coefficient (Wildman–Crippen LogP) is 3.48.